The first-order valence-electron chi connectivity index (χ1n) is 7.68. The summed E-state index contributed by atoms with van der Waals surface area (Å²) in [5.41, 5.74) is 6.90. The van der Waals surface area contributed by atoms with Gasteiger partial charge in [-0.2, -0.15) is 4.99 Å². The first-order chi connectivity index (χ1) is 12.6. The molecule has 1 atom stereocenters. The molecule has 0 radical (unpaired) electrons. The lowest BCUT2D eigenvalue weighted by atomic mass is 10.1. The quantitative estimate of drug-likeness (QED) is 0.522. The molecule has 0 aliphatic carbocycles. The van der Waals surface area contributed by atoms with Gasteiger partial charge in [0.1, 0.15) is 0 Å². The Morgan fingerprint density at radius 3 is 2.69 bits per heavy atom. The average Bonchev–Trinajstić information content (AvgIpc) is 2.63. The van der Waals surface area contributed by atoms with Crippen molar-refractivity contribution in [1.82, 2.24) is 15.0 Å². The van der Waals surface area contributed by atoms with Crippen molar-refractivity contribution in [2.45, 2.75) is 13.0 Å². The molecule has 132 valence electrons. The molecule has 1 unspecified atom stereocenters. The lowest BCUT2D eigenvalue weighted by Crippen LogP contribution is -2.25. The Morgan fingerprint density at radius 1 is 1.19 bits per heavy atom. The van der Waals surface area contributed by atoms with Crippen LogP contribution in [0.4, 0.5) is 11.6 Å². The second-order valence-corrected chi connectivity index (χ2v) is 6.15. The van der Waals surface area contributed by atoms with Crippen LogP contribution in [0.3, 0.4) is 0 Å². The molecule has 7 nitrogen and oxygen atoms in total. The van der Waals surface area contributed by atoms with Gasteiger partial charge in [-0.15, -0.1) is 0 Å². The number of nitrogens with one attached hydrogen (secondary N) is 1. The molecule has 3 rings (SSSR count). The van der Waals surface area contributed by atoms with Crippen LogP contribution in [-0.4, -0.2) is 33.2 Å². The van der Waals surface area contributed by atoms with Gasteiger partial charge in [0.15, 0.2) is 5.84 Å². The Kier molecular flexibility index (Phi) is 5.60. The molecule has 0 aliphatic rings. The molecule has 26 heavy (non-hydrogen) atoms. The number of aliphatic imine (C=N–C) groups is 2. The number of pyridine rings is 1. The first kappa shape index (κ1) is 18.0. The monoisotopic (exact) mass is 387 g/mol. The second kappa shape index (κ2) is 8.07. The van der Waals surface area contributed by atoms with Crippen molar-refractivity contribution in [1.29, 1.82) is 0 Å². The van der Waals surface area contributed by atoms with E-state index in [0.717, 1.165) is 11.1 Å². The predicted octanol–water partition coefficient (Wildman–Crippen LogP) is 3.85. The van der Waals surface area contributed by atoms with Crippen LogP contribution in [0.5, 0.6) is 0 Å². The number of hydrogen-bond acceptors (Lipinski definition) is 5. The minimum Gasteiger partial charge on any atom is -0.390 e. The Bertz CT molecular complexity index is 974. The summed E-state index contributed by atoms with van der Waals surface area (Å²) in [6.45, 7) is 1.90. The first-order valence-corrected chi connectivity index (χ1v) is 8.44. The zero-order valence-electron chi connectivity index (χ0n) is 13.8. The number of nitrogens with two attached hydrogens (primary N) is 1. The summed E-state index contributed by atoms with van der Waals surface area (Å²) < 4.78 is 0. The molecule has 0 fully saturated rings. The summed E-state index contributed by atoms with van der Waals surface area (Å²) >= 11 is 12.4. The smallest absolute Gasteiger partial charge is 0.251 e. The molecular weight excluding hydrogens is 373 g/mol. The summed E-state index contributed by atoms with van der Waals surface area (Å²) in [7, 11) is 0. The molecule has 0 amide bonds. The molecule has 2 heterocycles. The number of amidine groups is 1. The van der Waals surface area contributed by atoms with E-state index < -0.39 is 0 Å². The van der Waals surface area contributed by atoms with Crippen molar-refractivity contribution in [2.75, 3.05) is 5.32 Å². The highest BCUT2D eigenvalue weighted by molar-refractivity contribution is 6.38. The summed E-state index contributed by atoms with van der Waals surface area (Å²) in [4.78, 5) is 20.9. The maximum atomic E-state index is 6.24. The molecule has 0 aliphatic heterocycles. The Hall–Kier alpha value is -2.77. The SMILES string of the molecule is CC(Nc1ccnc2c(Cl)cc(Cl)cc12)C(N=CN)=Nc1ncccn1. The van der Waals surface area contributed by atoms with Crippen LogP contribution in [-0.2, 0) is 0 Å². The average molecular weight is 388 g/mol. The van der Waals surface area contributed by atoms with Crippen LogP contribution < -0.4 is 11.1 Å². The van der Waals surface area contributed by atoms with Crippen LogP contribution in [0, 0.1) is 0 Å². The minimum absolute atomic E-state index is 0.290. The highest BCUT2D eigenvalue weighted by atomic mass is 35.5. The maximum Gasteiger partial charge on any atom is 0.251 e. The number of benzene rings is 1. The van der Waals surface area contributed by atoms with Gasteiger partial charge in [-0.25, -0.2) is 15.0 Å². The lowest BCUT2D eigenvalue weighted by Gasteiger charge is -2.16. The van der Waals surface area contributed by atoms with E-state index in [1.165, 1.54) is 6.34 Å². The Morgan fingerprint density at radius 2 is 1.96 bits per heavy atom. The van der Waals surface area contributed by atoms with E-state index in [2.05, 4.69) is 30.3 Å². The van der Waals surface area contributed by atoms with Crippen molar-refractivity contribution >= 4 is 57.9 Å². The van der Waals surface area contributed by atoms with E-state index in [1.54, 1.807) is 36.8 Å². The van der Waals surface area contributed by atoms with Crippen LogP contribution in [0.1, 0.15) is 6.92 Å². The van der Waals surface area contributed by atoms with Gasteiger partial charge in [0, 0.05) is 34.7 Å². The molecule has 2 aromatic heterocycles. The zero-order chi connectivity index (χ0) is 18.5. The topological polar surface area (TPSA) is 101 Å². The third-order valence-electron chi connectivity index (χ3n) is 3.50. The van der Waals surface area contributed by atoms with Gasteiger partial charge >= 0.3 is 0 Å². The molecule has 0 bridgehead atoms. The van der Waals surface area contributed by atoms with Crippen LogP contribution in [0.25, 0.3) is 10.9 Å². The van der Waals surface area contributed by atoms with Crippen LogP contribution in [0.2, 0.25) is 10.0 Å². The number of anilines is 1. The van der Waals surface area contributed by atoms with Gasteiger partial charge in [0.2, 0.25) is 0 Å². The molecule has 0 saturated carbocycles. The largest absolute Gasteiger partial charge is 0.390 e. The second-order valence-electron chi connectivity index (χ2n) is 5.31. The molecule has 3 aromatic rings. The van der Waals surface area contributed by atoms with Gasteiger partial charge in [-0.1, -0.05) is 23.2 Å². The van der Waals surface area contributed by atoms with Crippen molar-refractivity contribution < 1.29 is 0 Å². The van der Waals surface area contributed by atoms with Crippen LogP contribution >= 0.6 is 23.2 Å². The Balaban J connectivity index is 1.97. The minimum atomic E-state index is -0.290. The van der Waals surface area contributed by atoms with E-state index in [0.29, 0.717) is 27.3 Å². The predicted molar refractivity (Wildman–Crippen MR) is 107 cm³/mol. The number of rotatable bonds is 4. The molecule has 3 N–H and O–H groups in total. The van der Waals surface area contributed by atoms with E-state index in [9.17, 15) is 0 Å². The summed E-state index contributed by atoms with van der Waals surface area (Å²) in [5, 5.41) is 5.13. The molecule has 0 spiro atoms. The third-order valence-corrected chi connectivity index (χ3v) is 4.00. The number of hydrogen-bond donors (Lipinski definition) is 2. The lowest BCUT2D eigenvalue weighted by molar-refractivity contribution is 1.02. The van der Waals surface area contributed by atoms with Crippen molar-refractivity contribution in [3.05, 3.63) is 52.9 Å². The zero-order valence-corrected chi connectivity index (χ0v) is 15.3. The van der Waals surface area contributed by atoms with Crippen molar-refractivity contribution in [3.63, 3.8) is 0 Å². The molecule has 0 saturated heterocycles. The number of fused-ring (bicyclic) bond motifs is 1. The van der Waals surface area contributed by atoms with Gasteiger partial charge in [0.05, 0.1) is 22.9 Å². The summed E-state index contributed by atoms with van der Waals surface area (Å²) in [6, 6.07) is 6.71. The van der Waals surface area contributed by atoms with E-state index in [4.69, 9.17) is 28.9 Å². The maximum absolute atomic E-state index is 6.24. The molecular formula is C17H15Cl2N7. The third kappa shape index (κ3) is 4.07. The van der Waals surface area contributed by atoms with Gasteiger partial charge in [0.25, 0.3) is 5.95 Å². The van der Waals surface area contributed by atoms with Crippen molar-refractivity contribution in [2.24, 2.45) is 15.7 Å². The highest BCUT2D eigenvalue weighted by Crippen LogP contribution is 2.31. The van der Waals surface area contributed by atoms with Gasteiger partial charge in [-0.05, 0) is 31.2 Å². The number of nitrogens with zero attached hydrogens (tertiary/aromatic N) is 5. The fourth-order valence-corrected chi connectivity index (χ4v) is 2.91. The number of aromatic nitrogens is 3. The summed E-state index contributed by atoms with van der Waals surface area (Å²) in [6.07, 6.45) is 6.06. The highest BCUT2D eigenvalue weighted by Gasteiger charge is 2.14. The van der Waals surface area contributed by atoms with Gasteiger partial charge in [-0.3, -0.25) is 4.98 Å². The Labute approximate surface area is 160 Å². The van der Waals surface area contributed by atoms with Gasteiger partial charge < -0.3 is 11.1 Å². The normalized spacial score (nSPS) is 13.3. The van der Waals surface area contributed by atoms with E-state index in [-0.39, 0.29) is 6.04 Å². The van der Waals surface area contributed by atoms with E-state index >= 15 is 0 Å². The molecule has 1 aromatic carbocycles. The fourth-order valence-electron chi connectivity index (χ4n) is 2.37. The fraction of sp³-hybridized carbons (Fsp3) is 0.118. The summed E-state index contributed by atoms with van der Waals surface area (Å²) in [5.74, 6) is 0.726. The molecule has 9 heteroatoms. The van der Waals surface area contributed by atoms with Crippen molar-refractivity contribution in [3.8, 4) is 0 Å². The standard InChI is InChI=1S/C17H15Cl2N7/c1-10(16(24-9-20)26-17-22-4-2-5-23-17)25-14-3-6-21-15-12(14)7-11(18)8-13(15)19/h2-10H,1H3,(H,21,25)(H2,20,22,23,24,26). The van der Waals surface area contributed by atoms with E-state index in [1.807, 2.05) is 13.0 Å². The van der Waals surface area contributed by atoms with Crippen LogP contribution in [0.15, 0.2) is 52.8 Å². The number of halogens is 2.